The van der Waals surface area contributed by atoms with Gasteiger partial charge in [-0.2, -0.15) is 0 Å². The van der Waals surface area contributed by atoms with Crippen LogP contribution in [0, 0.1) is 0 Å². The molecule has 2 aromatic heterocycles. The second kappa shape index (κ2) is 2.34. The highest BCUT2D eigenvalue weighted by Crippen LogP contribution is 2.02. The van der Waals surface area contributed by atoms with E-state index in [0.29, 0.717) is 0 Å². The second-order valence-corrected chi connectivity index (χ2v) is 2.38. The summed E-state index contributed by atoms with van der Waals surface area (Å²) >= 11 is 0. The molecule has 2 heterocycles. The van der Waals surface area contributed by atoms with Crippen LogP contribution in [-0.4, -0.2) is 14.4 Å². The molecule has 0 unspecified atom stereocenters. The molecule has 0 saturated carbocycles. The lowest BCUT2D eigenvalue weighted by Crippen LogP contribution is -1.98. The van der Waals surface area contributed by atoms with Crippen molar-refractivity contribution in [2.24, 2.45) is 0 Å². The summed E-state index contributed by atoms with van der Waals surface area (Å²) in [5.41, 5.74) is 0.969. The topological polar surface area (TPSA) is 30.2 Å². The normalized spacial score (nSPS) is 10.6. The third-order valence-corrected chi connectivity index (χ3v) is 1.72. The van der Waals surface area contributed by atoms with E-state index in [0.717, 1.165) is 17.9 Å². The van der Waals surface area contributed by atoms with E-state index in [-0.39, 0.29) is 0 Å². The van der Waals surface area contributed by atoms with Gasteiger partial charge >= 0.3 is 0 Å². The summed E-state index contributed by atoms with van der Waals surface area (Å²) in [5.74, 6) is 1.06. The minimum absolute atomic E-state index is 0.938. The molecular formula is C8H9N3. The third kappa shape index (κ3) is 0.888. The number of aromatic nitrogens is 3. The van der Waals surface area contributed by atoms with Crippen molar-refractivity contribution in [1.29, 1.82) is 0 Å². The Morgan fingerprint density at radius 3 is 3.18 bits per heavy atom. The molecule has 2 rings (SSSR count). The van der Waals surface area contributed by atoms with Gasteiger partial charge in [-0.15, -0.1) is 0 Å². The first-order chi connectivity index (χ1) is 5.42. The quantitative estimate of drug-likeness (QED) is 0.608. The molecule has 0 saturated heterocycles. The van der Waals surface area contributed by atoms with Gasteiger partial charge in [-0.1, -0.05) is 6.92 Å². The number of aryl methyl sites for hydroxylation is 1. The standard InChI is InChI=1S/C8H9N3/c1-2-7-9-6-10-8-4-3-5-11(7)8/h3-6H,2H2,1H3. The zero-order chi connectivity index (χ0) is 7.68. The van der Waals surface area contributed by atoms with Crippen LogP contribution < -0.4 is 0 Å². The molecule has 2 aromatic rings. The molecular weight excluding hydrogens is 138 g/mol. The maximum atomic E-state index is 4.15. The number of rotatable bonds is 1. The Balaban J connectivity index is 2.79. The van der Waals surface area contributed by atoms with Crippen molar-refractivity contribution >= 4 is 5.65 Å². The molecule has 0 amide bonds. The predicted molar refractivity (Wildman–Crippen MR) is 42.4 cm³/mol. The van der Waals surface area contributed by atoms with E-state index in [2.05, 4.69) is 16.9 Å². The van der Waals surface area contributed by atoms with E-state index in [1.807, 2.05) is 22.7 Å². The van der Waals surface area contributed by atoms with Gasteiger partial charge in [0.1, 0.15) is 17.8 Å². The van der Waals surface area contributed by atoms with Crippen LogP contribution in [0.3, 0.4) is 0 Å². The van der Waals surface area contributed by atoms with Crippen molar-refractivity contribution in [3.8, 4) is 0 Å². The largest absolute Gasteiger partial charge is 0.289 e. The van der Waals surface area contributed by atoms with Gasteiger partial charge in [0, 0.05) is 12.6 Å². The number of hydrogen-bond donors (Lipinski definition) is 0. The minimum atomic E-state index is 0.938. The van der Waals surface area contributed by atoms with Crippen LogP contribution in [0.4, 0.5) is 0 Å². The highest BCUT2D eigenvalue weighted by molar-refractivity contribution is 5.38. The highest BCUT2D eigenvalue weighted by Gasteiger charge is 1.97. The van der Waals surface area contributed by atoms with Crippen molar-refractivity contribution in [1.82, 2.24) is 14.4 Å². The van der Waals surface area contributed by atoms with Crippen molar-refractivity contribution in [2.45, 2.75) is 13.3 Å². The minimum Gasteiger partial charge on any atom is -0.289 e. The summed E-state index contributed by atoms with van der Waals surface area (Å²) < 4.78 is 2.00. The fourth-order valence-corrected chi connectivity index (χ4v) is 1.17. The van der Waals surface area contributed by atoms with Crippen LogP contribution in [0.5, 0.6) is 0 Å². The first-order valence-electron chi connectivity index (χ1n) is 3.69. The van der Waals surface area contributed by atoms with Crippen molar-refractivity contribution < 1.29 is 0 Å². The highest BCUT2D eigenvalue weighted by atomic mass is 15.1. The summed E-state index contributed by atoms with van der Waals surface area (Å²) in [4.78, 5) is 8.25. The first kappa shape index (κ1) is 6.34. The zero-order valence-corrected chi connectivity index (χ0v) is 6.36. The van der Waals surface area contributed by atoms with Crippen molar-refractivity contribution in [2.75, 3.05) is 0 Å². The molecule has 56 valence electrons. The smallest absolute Gasteiger partial charge is 0.139 e. The number of fused-ring (bicyclic) bond motifs is 1. The Hall–Kier alpha value is -1.38. The fourth-order valence-electron chi connectivity index (χ4n) is 1.17. The Bertz CT molecular complexity index is 364. The summed E-state index contributed by atoms with van der Waals surface area (Å²) in [6.45, 7) is 2.09. The molecule has 0 N–H and O–H groups in total. The maximum absolute atomic E-state index is 4.15. The van der Waals surface area contributed by atoms with Crippen LogP contribution in [0.15, 0.2) is 24.7 Å². The lowest BCUT2D eigenvalue weighted by Gasteiger charge is -1.98. The van der Waals surface area contributed by atoms with Gasteiger partial charge in [-0.25, -0.2) is 9.97 Å². The Labute approximate surface area is 64.7 Å². The van der Waals surface area contributed by atoms with E-state index < -0.39 is 0 Å². The molecule has 0 aliphatic rings. The Kier molecular flexibility index (Phi) is 1.35. The average molecular weight is 147 g/mol. The number of nitrogens with zero attached hydrogens (tertiary/aromatic N) is 3. The third-order valence-electron chi connectivity index (χ3n) is 1.72. The van der Waals surface area contributed by atoms with Gasteiger partial charge in [-0.3, -0.25) is 4.40 Å². The molecule has 0 aliphatic carbocycles. The summed E-state index contributed by atoms with van der Waals surface area (Å²) in [6, 6.07) is 3.95. The molecule has 11 heavy (non-hydrogen) atoms. The molecule has 0 fully saturated rings. The maximum Gasteiger partial charge on any atom is 0.139 e. The first-order valence-corrected chi connectivity index (χ1v) is 3.69. The van der Waals surface area contributed by atoms with Gasteiger partial charge in [0.15, 0.2) is 0 Å². The summed E-state index contributed by atoms with van der Waals surface area (Å²) in [7, 11) is 0. The van der Waals surface area contributed by atoms with Crippen LogP contribution >= 0.6 is 0 Å². The molecule has 0 bridgehead atoms. The van der Waals surface area contributed by atoms with Gasteiger partial charge in [-0.05, 0) is 12.1 Å². The van der Waals surface area contributed by atoms with Crippen molar-refractivity contribution in [3.63, 3.8) is 0 Å². The zero-order valence-electron chi connectivity index (χ0n) is 6.36. The van der Waals surface area contributed by atoms with E-state index in [1.54, 1.807) is 6.33 Å². The predicted octanol–water partition coefficient (Wildman–Crippen LogP) is 1.29. The summed E-state index contributed by atoms with van der Waals surface area (Å²) in [6.07, 6.45) is 4.52. The van der Waals surface area contributed by atoms with Crippen LogP contribution in [-0.2, 0) is 6.42 Å². The van der Waals surface area contributed by atoms with Gasteiger partial charge in [0.2, 0.25) is 0 Å². The van der Waals surface area contributed by atoms with E-state index in [4.69, 9.17) is 0 Å². The summed E-state index contributed by atoms with van der Waals surface area (Å²) in [5, 5.41) is 0. The molecule has 3 heteroatoms. The van der Waals surface area contributed by atoms with E-state index in [1.165, 1.54) is 0 Å². The van der Waals surface area contributed by atoms with Crippen molar-refractivity contribution in [3.05, 3.63) is 30.5 Å². The molecule has 0 aliphatic heterocycles. The number of hydrogen-bond acceptors (Lipinski definition) is 2. The lowest BCUT2D eigenvalue weighted by atomic mass is 10.4. The van der Waals surface area contributed by atoms with Gasteiger partial charge in [0.25, 0.3) is 0 Å². The molecule has 0 radical (unpaired) electrons. The fraction of sp³-hybridized carbons (Fsp3) is 0.250. The Morgan fingerprint density at radius 1 is 1.45 bits per heavy atom. The van der Waals surface area contributed by atoms with E-state index in [9.17, 15) is 0 Å². The average Bonchev–Trinajstić information content (AvgIpc) is 2.50. The molecule has 0 atom stereocenters. The van der Waals surface area contributed by atoms with Crippen LogP contribution in [0.1, 0.15) is 12.7 Å². The Morgan fingerprint density at radius 2 is 2.36 bits per heavy atom. The molecule has 0 spiro atoms. The molecule has 0 aromatic carbocycles. The SMILES string of the molecule is CCc1ncnc2cccn12. The van der Waals surface area contributed by atoms with Gasteiger partial charge < -0.3 is 0 Å². The lowest BCUT2D eigenvalue weighted by molar-refractivity contribution is 0.871. The van der Waals surface area contributed by atoms with Crippen LogP contribution in [0.25, 0.3) is 5.65 Å². The van der Waals surface area contributed by atoms with Crippen LogP contribution in [0.2, 0.25) is 0 Å². The monoisotopic (exact) mass is 147 g/mol. The molecule has 3 nitrogen and oxygen atoms in total. The van der Waals surface area contributed by atoms with E-state index >= 15 is 0 Å². The van der Waals surface area contributed by atoms with Gasteiger partial charge in [0.05, 0.1) is 0 Å². The second-order valence-electron chi connectivity index (χ2n) is 2.38.